The van der Waals surface area contributed by atoms with E-state index < -0.39 is 10.0 Å². The first-order valence-electron chi connectivity index (χ1n) is 9.97. The van der Waals surface area contributed by atoms with Crippen molar-refractivity contribution in [3.05, 3.63) is 35.7 Å². The number of hydrogen-bond donors (Lipinski definition) is 2. The molecule has 2 aromatic rings. The Balaban J connectivity index is 1.61. The number of sulfonamides is 1. The van der Waals surface area contributed by atoms with Gasteiger partial charge in [0.2, 0.25) is 10.0 Å². The monoisotopic (exact) mass is 438 g/mol. The number of likely N-dealkylation sites (tertiary alicyclic amines) is 1. The van der Waals surface area contributed by atoms with Crippen molar-refractivity contribution in [1.82, 2.24) is 24.5 Å². The Morgan fingerprint density at radius 2 is 2.24 bits per heavy atom. The zero-order valence-corrected chi connectivity index (χ0v) is 18.8. The summed E-state index contributed by atoms with van der Waals surface area (Å²) < 4.78 is 29.8. The second kappa shape index (κ2) is 9.73. The van der Waals surface area contributed by atoms with Gasteiger partial charge in [0.25, 0.3) is 0 Å². The number of aromatic nitrogens is 2. The van der Waals surface area contributed by atoms with Gasteiger partial charge in [-0.25, -0.2) is 18.1 Å². The van der Waals surface area contributed by atoms with Crippen LogP contribution in [-0.4, -0.2) is 61.6 Å². The molecular weight excluding hydrogens is 408 g/mol. The van der Waals surface area contributed by atoms with E-state index >= 15 is 0 Å². The van der Waals surface area contributed by atoms with Crippen LogP contribution in [0.5, 0.6) is 0 Å². The van der Waals surface area contributed by atoms with Crippen molar-refractivity contribution < 1.29 is 8.42 Å². The molecular formula is C19H30N6O2S2. The number of rotatable bonds is 7. The molecule has 10 heteroatoms. The summed E-state index contributed by atoms with van der Waals surface area (Å²) in [6, 6.07) is 3.80. The third kappa shape index (κ3) is 5.58. The number of imidazole rings is 1. The van der Waals surface area contributed by atoms with Crippen molar-refractivity contribution in [3.63, 3.8) is 0 Å². The van der Waals surface area contributed by atoms with Crippen molar-refractivity contribution >= 4 is 27.3 Å². The lowest BCUT2D eigenvalue weighted by atomic mass is 9.93. The molecule has 1 aliphatic rings. The van der Waals surface area contributed by atoms with Crippen LogP contribution in [-0.2, 0) is 10.0 Å². The van der Waals surface area contributed by atoms with E-state index in [0.717, 1.165) is 36.9 Å². The van der Waals surface area contributed by atoms with Crippen LogP contribution in [0, 0.1) is 12.8 Å². The molecule has 1 aliphatic heterocycles. The van der Waals surface area contributed by atoms with Gasteiger partial charge in [0.1, 0.15) is 4.21 Å². The summed E-state index contributed by atoms with van der Waals surface area (Å²) in [7, 11) is -3.47. The normalized spacial score (nSPS) is 20.8. The first-order chi connectivity index (χ1) is 13.9. The maximum absolute atomic E-state index is 12.3. The van der Waals surface area contributed by atoms with E-state index in [0.29, 0.717) is 22.7 Å². The lowest BCUT2D eigenvalue weighted by molar-refractivity contribution is 0.189. The molecule has 29 heavy (non-hydrogen) atoms. The number of guanidine groups is 1. The Hall–Kier alpha value is -1.91. The third-order valence-corrected chi connectivity index (χ3v) is 8.06. The average molecular weight is 439 g/mol. The molecule has 1 fully saturated rings. The highest BCUT2D eigenvalue weighted by Crippen LogP contribution is 2.27. The molecule has 160 valence electrons. The van der Waals surface area contributed by atoms with Crippen LogP contribution >= 0.6 is 11.3 Å². The minimum Gasteiger partial charge on any atom is -0.357 e. The summed E-state index contributed by atoms with van der Waals surface area (Å²) in [4.78, 5) is 12.1. The molecule has 2 unspecified atom stereocenters. The smallest absolute Gasteiger partial charge is 0.250 e. The highest BCUT2D eigenvalue weighted by Gasteiger charge is 2.28. The van der Waals surface area contributed by atoms with Gasteiger partial charge in [-0.15, -0.1) is 11.3 Å². The Labute approximate surface area is 177 Å². The quantitative estimate of drug-likeness (QED) is 0.392. The van der Waals surface area contributed by atoms with Crippen molar-refractivity contribution in [2.24, 2.45) is 10.9 Å². The number of aryl methyl sites for hydroxylation is 1. The zero-order chi connectivity index (χ0) is 20.9. The van der Waals surface area contributed by atoms with Crippen LogP contribution < -0.4 is 10.0 Å². The molecule has 0 radical (unpaired) electrons. The Bertz CT molecular complexity index is 907. The number of thiophene rings is 1. The topological polar surface area (TPSA) is 91.6 Å². The molecule has 0 amide bonds. The van der Waals surface area contributed by atoms with E-state index in [1.807, 2.05) is 38.6 Å². The first-order valence-corrected chi connectivity index (χ1v) is 12.3. The molecule has 2 atom stereocenters. The number of piperidine rings is 1. The van der Waals surface area contributed by atoms with Gasteiger partial charge >= 0.3 is 0 Å². The fraction of sp³-hybridized carbons (Fsp3) is 0.579. The van der Waals surface area contributed by atoms with Gasteiger partial charge in [0, 0.05) is 43.4 Å². The first kappa shape index (κ1) is 21.8. The van der Waals surface area contributed by atoms with Gasteiger partial charge in [0.05, 0.1) is 18.9 Å². The molecule has 0 spiro atoms. The van der Waals surface area contributed by atoms with Crippen LogP contribution in [0.1, 0.15) is 31.2 Å². The van der Waals surface area contributed by atoms with Gasteiger partial charge < -0.3 is 14.8 Å². The molecule has 0 aliphatic carbocycles. The molecule has 0 aromatic carbocycles. The molecule has 0 saturated carbocycles. The van der Waals surface area contributed by atoms with Crippen molar-refractivity contribution in [2.75, 3.05) is 32.7 Å². The minimum absolute atomic E-state index is 0.267. The Morgan fingerprint density at radius 3 is 2.90 bits per heavy atom. The number of nitrogens with zero attached hydrogens (tertiary/aromatic N) is 4. The fourth-order valence-electron chi connectivity index (χ4n) is 3.49. The standard InChI is InChI=1S/C19H30N6O2S2/c1-4-21-19(22-8-9-23-29(26,27)18-6-5-16(3)28-18)24-11-7-15(2)17(13-24)25-12-10-20-14-25/h5-6,10,12,14-15,17,23H,4,7-9,11,13H2,1-3H3,(H,21,22). The molecule has 3 rings (SSSR count). The fourth-order valence-corrected chi connectivity index (χ4v) is 5.84. The van der Waals surface area contributed by atoms with Crippen molar-refractivity contribution in [1.29, 1.82) is 0 Å². The predicted molar refractivity (Wildman–Crippen MR) is 117 cm³/mol. The summed E-state index contributed by atoms with van der Waals surface area (Å²) in [6.45, 7) is 9.40. The predicted octanol–water partition coefficient (Wildman–Crippen LogP) is 2.08. The summed E-state index contributed by atoms with van der Waals surface area (Å²) in [6.07, 6.45) is 6.76. The highest BCUT2D eigenvalue weighted by atomic mass is 32.2. The minimum atomic E-state index is -3.47. The second-order valence-corrected chi connectivity index (χ2v) is 10.6. The van der Waals surface area contributed by atoms with Gasteiger partial charge in [-0.1, -0.05) is 6.92 Å². The molecule has 8 nitrogen and oxygen atoms in total. The van der Waals surface area contributed by atoms with E-state index in [1.165, 1.54) is 11.3 Å². The number of hydrogen-bond acceptors (Lipinski definition) is 5. The van der Waals surface area contributed by atoms with Gasteiger partial charge in [0.15, 0.2) is 5.96 Å². The van der Waals surface area contributed by atoms with Gasteiger partial charge in [-0.05, 0) is 38.3 Å². The van der Waals surface area contributed by atoms with E-state index in [1.54, 1.807) is 6.07 Å². The van der Waals surface area contributed by atoms with E-state index in [-0.39, 0.29) is 6.54 Å². The van der Waals surface area contributed by atoms with Crippen molar-refractivity contribution in [3.8, 4) is 0 Å². The molecule has 2 aromatic heterocycles. The van der Waals surface area contributed by atoms with Crippen LogP contribution in [0.4, 0.5) is 0 Å². The van der Waals surface area contributed by atoms with Crippen molar-refractivity contribution in [2.45, 2.75) is 37.4 Å². The Kier molecular flexibility index (Phi) is 7.31. The number of nitrogens with one attached hydrogen (secondary N) is 2. The lowest BCUT2D eigenvalue weighted by Crippen LogP contribution is -2.49. The highest BCUT2D eigenvalue weighted by molar-refractivity contribution is 7.91. The maximum atomic E-state index is 12.3. The average Bonchev–Trinajstić information content (AvgIpc) is 3.37. The summed E-state index contributed by atoms with van der Waals surface area (Å²) in [5.74, 6) is 1.39. The van der Waals surface area contributed by atoms with E-state index in [2.05, 4.69) is 36.4 Å². The Morgan fingerprint density at radius 1 is 1.41 bits per heavy atom. The van der Waals surface area contributed by atoms with Gasteiger partial charge in [-0.3, -0.25) is 4.99 Å². The second-order valence-electron chi connectivity index (χ2n) is 7.29. The maximum Gasteiger partial charge on any atom is 0.250 e. The molecule has 0 bridgehead atoms. The van der Waals surface area contributed by atoms with Crippen LogP contribution in [0.25, 0.3) is 0 Å². The molecule has 3 heterocycles. The van der Waals surface area contributed by atoms with Gasteiger partial charge in [-0.2, -0.15) is 0 Å². The largest absolute Gasteiger partial charge is 0.357 e. The van der Waals surface area contributed by atoms with Crippen LogP contribution in [0.2, 0.25) is 0 Å². The summed E-state index contributed by atoms with van der Waals surface area (Å²) >= 11 is 1.27. The third-order valence-electron chi connectivity index (χ3n) is 5.11. The lowest BCUT2D eigenvalue weighted by Gasteiger charge is -2.39. The molecule has 2 N–H and O–H groups in total. The van der Waals surface area contributed by atoms with Crippen LogP contribution in [0.3, 0.4) is 0 Å². The summed E-state index contributed by atoms with van der Waals surface area (Å²) in [5, 5.41) is 3.34. The number of aliphatic imine (C=N–C) groups is 1. The zero-order valence-electron chi connectivity index (χ0n) is 17.2. The van der Waals surface area contributed by atoms with E-state index in [9.17, 15) is 8.42 Å². The SMILES string of the molecule is CCNC(=NCCNS(=O)(=O)c1ccc(C)s1)N1CCC(C)C(n2ccnc2)C1. The van der Waals surface area contributed by atoms with E-state index in [4.69, 9.17) is 0 Å². The molecule has 1 saturated heterocycles. The summed E-state index contributed by atoms with van der Waals surface area (Å²) in [5.41, 5.74) is 0. The van der Waals surface area contributed by atoms with Crippen LogP contribution in [0.15, 0.2) is 40.1 Å².